The van der Waals surface area contributed by atoms with Crippen LogP contribution < -0.4 is 0 Å². The first-order valence-electron chi connectivity index (χ1n) is 5.71. The first kappa shape index (κ1) is 14.0. The minimum Gasteiger partial charge on any atom is -0.388 e. The highest BCUT2D eigenvalue weighted by atomic mass is 79.9. The molecular formula is C13H18BrClO. The Morgan fingerprint density at radius 2 is 1.94 bits per heavy atom. The van der Waals surface area contributed by atoms with E-state index in [4.69, 9.17) is 11.6 Å². The predicted molar refractivity (Wildman–Crippen MR) is 72.8 cm³/mol. The molecule has 1 aromatic rings. The van der Waals surface area contributed by atoms with Gasteiger partial charge >= 0.3 is 0 Å². The molecule has 0 aliphatic rings. The van der Waals surface area contributed by atoms with Crippen LogP contribution in [0.3, 0.4) is 0 Å². The van der Waals surface area contributed by atoms with Crippen molar-refractivity contribution in [3.63, 3.8) is 0 Å². The maximum atomic E-state index is 10.1. The van der Waals surface area contributed by atoms with Gasteiger partial charge in [-0.3, -0.25) is 0 Å². The smallest absolute Gasteiger partial charge is 0.0807 e. The zero-order valence-corrected chi connectivity index (χ0v) is 12.1. The fraction of sp³-hybridized carbons (Fsp3) is 0.538. The summed E-state index contributed by atoms with van der Waals surface area (Å²) in [7, 11) is 0. The monoisotopic (exact) mass is 304 g/mol. The number of benzene rings is 1. The van der Waals surface area contributed by atoms with Crippen molar-refractivity contribution in [3.05, 3.63) is 33.3 Å². The molecule has 1 unspecified atom stereocenters. The first-order valence-corrected chi connectivity index (χ1v) is 6.88. The molecule has 1 nitrogen and oxygen atoms in total. The number of aliphatic hydroxyl groups is 1. The standard InChI is InChI=1S/C13H18BrClO/c1-3-9(4-2)7-13(16)11-6-5-10(14)8-12(11)15/h5-6,8-9,13,16H,3-4,7H2,1-2H3. The van der Waals surface area contributed by atoms with Crippen LogP contribution in [-0.4, -0.2) is 5.11 Å². The Kier molecular flexibility index (Phi) is 5.81. The third-order valence-corrected chi connectivity index (χ3v) is 3.85. The summed E-state index contributed by atoms with van der Waals surface area (Å²) in [6.45, 7) is 4.31. The zero-order chi connectivity index (χ0) is 12.1. The van der Waals surface area contributed by atoms with Crippen LogP contribution in [0.2, 0.25) is 5.02 Å². The van der Waals surface area contributed by atoms with Crippen molar-refractivity contribution in [2.24, 2.45) is 5.92 Å². The minimum absolute atomic E-state index is 0.453. The third-order valence-electron chi connectivity index (χ3n) is 3.03. The number of rotatable bonds is 5. The van der Waals surface area contributed by atoms with Crippen molar-refractivity contribution >= 4 is 27.5 Å². The lowest BCUT2D eigenvalue weighted by Gasteiger charge is -2.18. The molecule has 1 rings (SSSR count). The highest BCUT2D eigenvalue weighted by molar-refractivity contribution is 9.10. The van der Waals surface area contributed by atoms with Crippen LogP contribution in [0.4, 0.5) is 0 Å². The summed E-state index contributed by atoms with van der Waals surface area (Å²) in [6, 6.07) is 5.63. The second-order valence-electron chi connectivity index (χ2n) is 4.10. The number of hydrogen-bond donors (Lipinski definition) is 1. The van der Waals surface area contributed by atoms with Crippen molar-refractivity contribution in [1.82, 2.24) is 0 Å². The summed E-state index contributed by atoms with van der Waals surface area (Å²) in [5.41, 5.74) is 0.830. The fourth-order valence-corrected chi connectivity index (χ4v) is 2.64. The van der Waals surface area contributed by atoms with E-state index < -0.39 is 6.10 Å². The molecule has 0 aliphatic heterocycles. The Balaban J connectivity index is 2.76. The molecule has 1 atom stereocenters. The maximum absolute atomic E-state index is 10.1. The van der Waals surface area contributed by atoms with Gasteiger partial charge in [0.2, 0.25) is 0 Å². The zero-order valence-electron chi connectivity index (χ0n) is 9.71. The predicted octanol–water partition coefficient (Wildman–Crippen LogP) is 4.96. The van der Waals surface area contributed by atoms with Crippen LogP contribution in [0.25, 0.3) is 0 Å². The van der Waals surface area contributed by atoms with Crippen molar-refractivity contribution in [1.29, 1.82) is 0 Å². The molecule has 0 aromatic heterocycles. The SMILES string of the molecule is CCC(CC)CC(O)c1ccc(Br)cc1Cl. The Hall–Kier alpha value is -0.0500. The van der Waals surface area contributed by atoms with Gasteiger partial charge in [0.05, 0.1) is 6.10 Å². The van der Waals surface area contributed by atoms with E-state index in [2.05, 4.69) is 29.8 Å². The van der Waals surface area contributed by atoms with Crippen LogP contribution in [0.15, 0.2) is 22.7 Å². The average Bonchev–Trinajstić information content (AvgIpc) is 2.25. The summed E-state index contributed by atoms with van der Waals surface area (Å²) in [4.78, 5) is 0. The quantitative estimate of drug-likeness (QED) is 0.815. The van der Waals surface area contributed by atoms with Gasteiger partial charge in [-0.05, 0) is 30.0 Å². The Morgan fingerprint density at radius 1 is 1.31 bits per heavy atom. The molecule has 0 amide bonds. The molecule has 0 radical (unpaired) electrons. The van der Waals surface area contributed by atoms with Gasteiger partial charge in [0.1, 0.15) is 0 Å². The molecule has 0 fully saturated rings. The lowest BCUT2D eigenvalue weighted by atomic mass is 9.93. The number of halogens is 2. The molecule has 0 heterocycles. The number of hydrogen-bond acceptors (Lipinski definition) is 1. The van der Waals surface area contributed by atoms with E-state index in [9.17, 15) is 5.11 Å². The van der Waals surface area contributed by atoms with Crippen molar-refractivity contribution in [2.75, 3.05) is 0 Å². The molecule has 3 heteroatoms. The third kappa shape index (κ3) is 3.76. The molecule has 90 valence electrons. The molecule has 1 aromatic carbocycles. The Bertz CT molecular complexity index is 337. The van der Waals surface area contributed by atoms with E-state index in [1.54, 1.807) is 0 Å². The summed E-state index contributed by atoms with van der Waals surface area (Å²) in [6.07, 6.45) is 2.53. The molecule has 0 aliphatic carbocycles. The van der Waals surface area contributed by atoms with Gasteiger partial charge in [0, 0.05) is 9.50 Å². The van der Waals surface area contributed by atoms with Gasteiger partial charge in [-0.15, -0.1) is 0 Å². The Labute approximate surface area is 111 Å². The molecule has 0 bridgehead atoms. The van der Waals surface area contributed by atoms with Crippen LogP contribution in [0.5, 0.6) is 0 Å². The number of aliphatic hydroxyl groups excluding tert-OH is 1. The van der Waals surface area contributed by atoms with E-state index >= 15 is 0 Å². The van der Waals surface area contributed by atoms with Crippen LogP contribution in [-0.2, 0) is 0 Å². The van der Waals surface area contributed by atoms with Gasteiger partial charge in [-0.2, -0.15) is 0 Å². The summed E-state index contributed by atoms with van der Waals surface area (Å²) in [5, 5.41) is 10.8. The minimum atomic E-state index is -0.453. The van der Waals surface area contributed by atoms with Crippen molar-refractivity contribution < 1.29 is 5.11 Å². The molecule has 1 N–H and O–H groups in total. The summed E-state index contributed by atoms with van der Waals surface area (Å²) >= 11 is 9.46. The summed E-state index contributed by atoms with van der Waals surface area (Å²) < 4.78 is 0.941. The second-order valence-corrected chi connectivity index (χ2v) is 5.42. The molecule has 0 saturated carbocycles. The fourth-order valence-electron chi connectivity index (χ4n) is 1.84. The van der Waals surface area contributed by atoms with Crippen molar-refractivity contribution in [3.8, 4) is 0 Å². The topological polar surface area (TPSA) is 20.2 Å². The highest BCUT2D eigenvalue weighted by Gasteiger charge is 2.15. The molecule has 0 spiro atoms. The normalized spacial score (nSPS) is 13.1. The lowest BCUT2D eigenvalue weighted by molar-refractivity contribution is 0.141. The van der Waals surface area contributed by atoms with E-state index in [0.29, 0.717) is 10.9 Å². The van der Waals surface area contributed by atoms with Gasteiger partial charge < -0.3 is 5.11 Å². The largest absolute Gasteiger partial charge is 0.388 e. The average molecular weight is 306 g/mol. The molecule has 16 heavy (non-hydrogen) atoms. The van der Waals surface area contributed by atoms with Crippen LogP contribution >= 0.6 is 27.5 Å². The Morgan fingerprint density at radius 3 is 2.44 bits per heavy atom. The lowest BCUT2D eigenvalue weighted by Crippen LogP contribution is -2.06. The van der Waals surface area contributed by atoms with Gasteiger partial charge in [0.15, 0.2) is 0 Å². The van der Waals surface area contributed by atoms with Gasteiger partial charge in [-0.25, -0.2) is 0 Å². The second kappa shape index (κ2) is 6.63. The maximum Gasteiger partial charge on any atom is 0.0807 e. The van der Waals surface area contributed by atoms with Crippen LogP contribution in [0, 0.1) is 5.92 Å². The molecule has 0 saturated heterocycles. The summed E-state index contributed by atoms with van der Waals surface area (Å²) in [5.74, 6) is 0.565. The molecular weight excluding hydrogens is 287 g/mol. The van der Waals surface area contributed by atoms with Gasteiger partial charge in [0.25, 0.3) is 0 Å². The van der Waals surface area contributed by atoms with Crippen molar-refractivity contribution in [2.45, 2.75) is 39.2 Å². The van der Waals surface area contributed by atoms with E-state index in [-0.39, 0.29) is 0 Å². The first-order chi connectivity index (χ1) is 7.58. The van der Waals surface area contributed by atoms with E-state index in [0.717, 1.165) is 29.3 Å². The van der Waals surface area contributed by atoms with Crippen LogP contribution in [0.1, 0.15) is 44.8 Å². The van der Waals surface area contributed by atoms with E-state index in [1.807, 2.05) is 18.2 Å². The highest BCUT2D eigenvalue weighted by Crippen LogP contribution is 2.31. The van der Waals surface area contributed by atoms with Gasteiger partial charge in [-0.1, -0.05) is 60.3 Å². The van der Waals surface area contributed by atoms with E-state index in [1.165, 1.54) is 0 Å².